The van der Waals surface area contributed by atoms with Gasteiger partial charge in [0.25, 0.3) is 0 Å². The van der Waals surface area contributed by atoms with Crippen LogP contribution in [0.1, 0.15) is 51.4 Å². The fourth-order valence-electron chi connectivity index (χ4n) is 5.43. The van der Waals surface area contributed by atoms with Crippen LogP contribution in [0.15, 0.2) is 0 Å². The molecule has 3 fully saturated rings. The summed E-state index contributed by atoms with van der Waals surface area (Å²) in [5.74, 6) is 3.26. The lowest BCUT2D eigenvalue weighted by molar-refractivity contribution is 0.168. The van der Waals surface area contributed by atoms with E-state index in [0.717, 1.165) is 37.0 Å². The van der Waals surface area contributed by atoms with E-state index in [0.29, 0.717) is 12.0 Å². The van der Waals surface area contributed by atoms with E-state index in [-0.39, 0.29) is 5.25 Å². The van der Waals surface area contributed by atoms with E-state index in [1.807, 2.05) is 0 Å². The Bertz CT molecular complexity index is 447. The van der Waals surface area contributed by atoms with Crippen molar-refractivity contribution in [1.82, 2.24) is 5.32 Å². The second kappa shape index (κ2) is 5.60. The molecule has 3 aliphatic carbocycles. The van der Waals surface area contributed by atoms with Crippen molar-refractivity contribution in [1.29, 1.82) is 0 Å². The molecule has 0 amide bonds. The van der Waals surface area contributed by atoms with Gasteiger partial charge in [0.1, 0.15) is 9.84 Å². The molecule has 0 saturated heterocycles. The van der Waals surface area contributed by atoms with Crippen LogP contribution in [0.2, 0.25) is 0 Å². The van der Waals surface area contributed by atoms with E-state index >= 15 is 0 Å². The molecule has 20 heavy (non-hydrogen) atoms. The zero-order valence-corrected chi connectivity index (χ0v) is 13.7. The second-order valence-electron chi connectivity index (χ2n) is 7.53. The fourth-order valence-corrected chi connectivity index (χ4v) is 6.62. The van der Waals surface area contributed by atoms with Gasteiger partial charge in [-0.15, -0.1) is 0 Å². The van der Waals surface area contributed by atoms with Crippen molar-refractivity contribution in [3.63, 3.8) is 0 Å². The highest BCUT2D eigenvalue weighted by molar-refractivity contribution is 7.91. The van der Waals surface area contributed by atoms with E-state index in [4.69, 9.17) is 0 Å². The molecule has 2 bridgehead atoms. The lowest BCUT2D eigenvalue weighted by Crippen LogP contribution is -2.45. The van der Waals surface area contributed by atoms with Gasteiger partial charge in [-0.3, -0.25) is 0 Å². The van der Waals surface area contributed by atoms with Crippen molar-refractivity contribution >= 4 is 9.84 Å². The molecule has 0 heterocycles. The molecule has 6 atom stereocenters. The Labute approximate surface area is 123 Å². The van der Waals surface area contributed by atoms with Crippen LogP contribution in [-0.2, 0) is 9.84 Å². The number of fused-ring (bicyclic) bond motifs is 2. The summed E-state index contributed by atoms with van der Waals surface area (Å²) in [5.41, 5.74) is 0. The number of rotatable bonds is 4. The topological polar surface area (TPSA) is 46.2 Å². The molecule has 0 radical (unpaired) electrons. The molecule has 3 saturated carbocycles. The maximum absolute atomic E-state index is 11.9. The van der Waals surface area contributed by atoms with Gasteiger partial charge in [-0.25, -0.2) is 8.42 Å². The van der Waals surface area contributed by atoms with E-state index in [2.05, 4.69) is 12.4 Å². The van der Waals surface area contributed by atoms with Gasteiger partial charge in [0.05, 0.1) is 5.25 Å². The Hall–Kier alpha value is -0.0900. The summed E-state index contributed by atoms with van der Waals surface area (Å²) in [6.45, 7) is 0. The fraction of sp³-hybridized carbons (Fsp3) is 1.00. The van der Waals surface area contributed by atoms with Crippen molar-refractivity contribution in [3.05, 3.63) is 0 Å². The summed E-state index contributed by atoms with van der Waals surface area (Å²) in [6.07, 6.45) is 11.2. The highest BCUT2D eigenvalue weighted by Gasteiger charge is 2.45. The third kappa shape index (κ3) is 2.78. The average Bonchev–Trinajstić information content (AvgIpc) is 3.02. The van der Waals surface area contributed by atoms with Gasteiger partial charge in [0.15, 0.2) is 0 Å². The monoisotopic (exact) mass is 299 g/mol. The Kier molecular flexibility index (Phi) is 4.15. The number of nitrogens with one attached hydrogen (secondary N) is 1. The van der Waals surface area contributed by atoms with Crippen LogP contribution in [0.3, 0.4) is 0 Å². The lowest BCUT2D eigenvalue weighted by atomic mass is 9.73. The Morgan fingerprint density at radius 3 is 2.40 bits per heavy atom. The Balaban J connectivity index is 1.70. The summed E-state index contributed by atoms with van der Waals surface area (Å²) in [6, 6.07) is 0.551. The van der Waals surface area contributed by atoms with Gasteiger partial charge >= 0.3 is 0 Å². The first kappa shape index (κ1) is 14.8. The summed E-state index contributed by atoms with van der Waals surface area (Å²) < 4.78 is 23.7. The van der Waals surface area contributed by atoms with Gasteiger partial charge in [0.2, 0.25) is 0 Å². The Morgan fingerprint density at radius 1 is 1.05 bits per heavy atom. The molecule has 3 rings (SSSR count). The van der Waals surface area contributed by atoms with Crippen molar-refractivity contribution in [2.24, 2.45) is 23.7 Å². The van der Waals surface area contributed by atoms with Gasteiger partial charge < -0.3 is 5.32 Å². The third-order valence-corrected chi connectivity index (χ3v) is 8.01. The minimum Gasteiger partial charge on any atom is -0.316 e. The standard InChI is InChI=1S/C16H29NO2S/c1-17-16(15-9-11-6-7-12(15)8-11)13-4-3-5-14(10-13)20(2,18)19/h11-17H,3-10H2,1-2H3. The maximum Gasteiger partial charge on any atom is 0.150 e. The summed E-state index contributed by atoms with van der Waals surface area (Å²) in [7, 11) is -0.778. The van der Waals surface area contributed by atoms with Crippen molar-refractivity contribution in [2.45, 2.75) is 62.7 Å². The first-order chi connectivity index (χ1) is 9.49. The van der Waals surface area contributed by atoms with E-state index < -0.39 is 9.84 Å². The quantitative estimate of drug-likeness (QED) is 0.868. The lowest BCUT2D eigenvalue weighted by Gasteiger charge is -2.39. The van der Waals surface area contributed by atoms with Crippen LogP contribution in [0.4, 0.5) is 0 Å². The van der Waals surface area contributed by atoms with E-state index in [1.54, 1.807) is 0 Å². The van der Waals surface area contributed by atoms with Crippen LogP contribution in [0.25, 0.3) is 0 Å². The average molecular weight is 299 g/mol. The molecule has 3 nitrogen and oxygen atoms in total. The molecule has 0 aromatic carbocycles. The van der Waals surface area contributed by atoms with Crippen LogP contribution in [0.5, 0.6) is 0 Å². The zero-order chi connectivity index (χ0) is 14.3. The SMILES string of the molecule is CNC(C1CCCC(S(C)(=O)=O)C1)C1CC2CCC1C2. The van der Waals surface area contributed by atoms with Gasteiger partial charge in [0, 0.05) is 12.3 Å². The smallest absolute Gasteiger partial charge is 0.150 e. The summed E-state index contributed by atoms with van der Waals surface area (Å²) >= 11 is 0. The first-order valence-corrected chi connectivity index (χ1v) is 10.3. The zero-order valence-electron chi connectivity index (χ0n) is 12.8. The molecule has 1 N–H and O–H groups in total. The number of hydrogen-bond donors (Lipinski definition) is 1. The summed E-state index contributed by atoms with van der Waals surface area (Å²) in [5, 5.41) is 3.49. The highest BCUT2D eigenvalue weighted by atomic mass is 32.2. The molecule has 3 aliphatic rings. The number of hydrogen-bond acceptors (Lipinski definition) is 3. The van der Waals surface area contributed by atoms with Gasteiger partial charge in [-0.05, 0) is 69.2 Å². The molecule has 116 valence electrons. The van der Waals surface area contributed by atoms with Gasteiger partial charge in [-0.1, -0.05) is 12.8 Å². The maximum atomic E-state index is 11.9. The molecule has 0 aromatic rings. The van der Waals surface area contributed by atoms with Crippen molar-refractivity contribution in [2.75, 3.05) is 13.3 Å². The molecule has 0 aromatic heterocycles. The molecular formula is C16H29NO2S. The molecule has 4 heteroatoms. The Morgan fingerprint density at radius 2 is 1.85 bits per heavy atom. The van der Waals surface area contributed by atoms with Crippen LogP contribution in [0, 0.1) is 23.7 Å². The molecule has 0 aliphatic heterocycles. The summed E-state index contributed by atoms with van der Waals surface area (Å²) in [4.78, 5) is 0. The minimum absolute atomic E-state index is 0.0873. The number of sulfone groups is 1. The van der Waals surface area contributed by atoms with Crippen molar-refractivity contribution < 1.29 is 8.42 Å². The molecular weight excluding hydrogens is 270 g/mol. The first-order valence-electron chi connectivity index (χ1n) is 8.35. The molecule has 0 spiro atoms. The van der Waals surface area contributed by atoms with Crippen LogP contribution in [-0.4, -0.2) is 33.0 Å². The second-order valence-corrected chi connectivity index (χ2v) is 9.86. The molecule has 6 unspecified atom stereocenters. The van der Waals surface area contributed by atoms with E-state index in [1.165, 1.54) is 38.4 Å². The van der Waals surface area contributed by atoms with Gasteiger partial charge in [-0.2, -0.15) is 0 Å². The highest BCUT2D eigenvalue weighted by Crippen LogP contribution is 2.51. The predicted octanol–water partition coefficient (Wildman–Crippen LogP) is 2.61. The van der Waals surface area contributed by atoms with Crippen LogP contribution < -0.4 is 5.32 Å². The predicted molar refractivity (Wildman–Crippen MR) is 82.4 cm³/mol. The third-order valence-electron chi connectivity index (χ3n) is 6.37. The van der Waals surface area contributed by atoms with Crippen LogP contribution >= 0.6 is 0 Å². The van der Waals surface area contributed by atoms with Crippen molar-refractivity contribution in [3.8, 4) is 0 Å². The normalized spacial score (nSPS) is 42.8. The minimum atomic E-state index is -2.86. The largest absolute Gasteiger partial charge is 0.316 e. The van der Waals surface area contributed by atoms with E-state index in [9.17, 15) is 8.42 Å².